The fourth-order valence-corrected chi connectivity index (χ4v) is 2.56. The van der Waals surface area contributed by atoms with E-state index in [0.29, 0.717) is 35.3 Å². The van der Waals surface area contributed by atoms with Crippen molar-refractivity contribution in [2.45, 2.75) is 12.8 Å². The Morgan fingerprint density at radius 2 is 1.28 bits per heavy atom. The predicted octanol–water partition coefficient (Wildman–Crippen LogP) is 3.01. The van der Waals surface area contributed by atoms with E-state index in [1.807, 2.05) is 0 Å². The number of nitrogens with one attached hydrogen (secondary N) is 2. The van der Waals surface area contributed by atoms with Crippen LogP contribution < -0.4 is 10.6 Å². The molecule has 1 aliphatic rings. The van der Waals surface area contributed by atoms with Gasteiger partial charge in [-0.2, -0.15) is 0 Å². The highest BCUT2D eigenvalue weighted by molar-refractivity contribution is 6.16. The van der Waals surface area contributed by atoms with Crippen LogP contribution in [0.2, 0.25) is 0 Å². The van der Waals surface area contributed by atoms with Crippen molar-refractivity contribution >= 4 is 23.2 Å². The summed E-state index contributed by atoms with van der Waals surface area (Å²) in [6.45, 7) is 0. The molecule has 2 aromatic rings. The third-order valence-corrected chi connectivity index (χ3v) is 4.19. The Hall–Kier alpha value is -3.50. The summed E-state index contributed by atoms with van der Waals surface area (Å²) >= 11 is 0. The summed E-state index contributed by atoms with van der Waals surface area (Å²) in [5, 5.41) is 5.56. The van der Waals surface area contributed by atoms with Gasteiger partial charge in [0.2, 0.25) is 11.8 Å². The van der Waals surface area contributed by atoms with E-state index in [9.17, 15) is 9.59 Å². The average Bonchev–Trinajstić information content (AvgIpc) is 3.44. The zero-order chi connectivity index (χ0) is 17.9. The SMILES string of the molecule is C#Cc1cccc(NC(=O)C2(C(=O)Nc3cccc(C#C)c3)CC2)c1. The van der Waals surface area contributed by atoms with Crippen LogP contribution in [0.4, 0.5) is 11.4 Å². The van der Waals surface area contributed by atoms with Crippen molar-refractivity contribution in [2.75, 3.05) is 10.6 Å². The Kier molecular flexibility index (Phi) is 4.29. The van der Waals surface area contributed by atoms with Crippen LogP contribution in [0.15, 0.2) is 48.5 Å². The normalized spacial score (nSPS) is 13.8. The molecule has 2 aromatic carbocycles. The van der Waals surface area contributed by atoms with Crippen molar-refractivity contribution < 1.29 is 9.59 Å². The summed E-state index contributed by atoms with van der Waals surface area (Å²) in [6.07, 6.45) is 11.7. The summed E-state index contributed by atoms with van der Waals surface area (Å²) in [5.41, 5.74) is 1.44. The van der Waals surface area contributed by atoms with Gasteiger partial charge in [-0.15, -0.1) is 12.8 Å². The van der Waals surface area contributed by atoms with Gasteiger partial charge < -0.3 is 10.6 Å². The molecular formula is C21H16N2O2. The van der Waals surface area contributed by atoms with Gasteiger partial charge in [-0.25, -0.2) is 0 Å². The molecule has 0 bridgehead atoms. The summed E-state index contributed by atoms with van der Waals surface area (Å²) in [5.74, 6) is 4.38. The minimum Gasteiger partial charge on any atom is -0.325 e. The fourth-order valence-electron chi connectivity index (χ4n) is 2.56. The zero-order valence-corrected chi connectivity index (χ0v) is 13.5. The van der Waals surface area contributed by atoms with Crippen LogP contribution in [0, 0.1) is 30.1 Å². The summed E-state index contributed by atoms with van der Waals surface area (Å²) in [4.78, 5) is 25.2. The Balaban J connectivity index is 1.72. The number of carbonyl (C=O) groups is 2. The van der Waals surface area contributed by atoms with Crippen LogP contribution in [0.5, 0.6) is 0 Å². The largest absolute Gasteiger partial charge is 0.325 e. The topological polar surface area (TPSA) is 58.2 Å². The molecule has 0 atom stereocenters. The Morgan fingerprint density at radius 1 is 0.840 bits per heavy atom. The highest BCUT2D eigenvalue weighted by Crippen LogP contribution is 2.47. The second-order valence-electron chi connectivity index (χ2n) is 5.94. The number of terminal acetylenes is 2. The van der Waals surface area contributed by atoms with Crippen LogP contribution >= 0.6 is 0 Å². The Morgan fingerprint density at radius 3 is 1.64 bits per heavy atom. The highest BCUT2D eigenvalue weighted by atomic mass is 16.2. The van der Waals surface area contributed by atoms with E-state index in [2.05, 4.69) is 22.5 Å². The van der Waals surface area contributed by atoms with E-state index in [-0.39, 0.29) is 11.8 Å². The highest BCUT2D eigenvalue weighted by Gasteiger charge is 2.56. The van der Waals surface area contributed by atoms with Gasteiger partial charge in [0.1, 0.15) is 5.41 Å². The van der Waals surface area contributed by atoms with Crippen molar-refractivity contribution in [2.24, 2.45) is 5.41 Å². The quantitative estimate of drug-likeness (QED) is 0.669. The lowest BCUT2D eigenvalue weighted by Crippen LogP contribution is -2.35. The molecule has 2 amide bonds. The average molecular weight is 328 g/mol. The van der Waals surface area contributed by atoms with Crippen molar-refractivity contribution in [3.8, 4) is 24.7 Å². The van der Waals surface area contributed by atoms with Gasteiger partial charge in [0.25, 0.3) is 0 Å². The summed E-state index contributed by atoms with van der Waals surface area (Å²) in [6, 6.07) is 13.9. The maximum Gasteiger partial charge on any atom is 0.240 e. The van der Waals surface area contributed by atoms with Gasteiger partial charge in [-0.3, -0.25) is 9.59 Å². The van der Waals surface area contributed by atoms with Gasteiger partial charge in [0.05, 0.1) is 0 Å². The van der Waals surface area contributed by atoms with Crippen LogP contribution in [0.3, 0.4) is 0 Å². The number of anilines is 2. The zero-order valence-electron chi connectivity index (χ0n) is 13.5. The van der Waals surface area contributed by atoms with Gasteiger partial charge in [0.15, 0.2) is 0 Å². The molecule has 0 aromatic heterocycles. The maximum atomic E-state index is 12.6. The molecule has 25 heavy (non-hydrogen) atoms. The molecule has 1 saturated carbocycles. The summed E-state index contributed by atoms with van der Waals surface area (Å²) in [7, 11) is 0. The van der Waals surface area contributed by atoms with E-state index < -0.39 is 5.41 Å². The number of benzene rings is 2. The molecule has 4 nitrogen and oxygen atoms in total. The molecule has 4 heteroatoms. The minimum absolute atomic E-state index is 0.327. The second-order valence-corrected chi connectivity index (χ2v) is 5.94. The number of amides is 2. The number of rotatable bonds is 4. The molecule has 2 N–H and O–H groups in total. The minimum atomic E-state index is -1.04. The monoisotopic (exact) mass is 328 g/mol. The predicted molar refractivity (Wildman–Crippen MR) is 97.7 cm³/mol. The molecule has 0 radical (unpaired) electrons. The second kappa shape index (κ2) is 6.55. The smallest absolute Gasteiger partial charge is 0.240 e. The third kappa shape index (κ3) is 3.39. The van der Waals surface area contributed by atoms with Crippen molar-refractivity contribution in [3.63, 3.8) is 0 Å². The molecular weight excluding hydrogens is 312 g/mol. The van der Waals surface area contributed by atoms with E-state index >= 15 is 0 Å². The fraction of sp³-hybridized carbons (Fsp3) is 0.143. The summed E-state index contributed by atoms with van der Waals surface area (Å²) < 4.78 is 0. The van der Waals surface area contributed by atoms with Gasteiger partial charge in [-0.1, -0.05) is 24.0 Å². The molecule has 0 unspecified atom stereocenters. The van der Waals surface area contributed by atoms with Gasteiger partial charge in [0, 0.05) is 22.5 Å². The Labute approximate surface area is 146 Å². The molecule has 0 aliphatic heterocycles. The van der Waals surface area contributed by atoms with E-state index in [4.69, 9.17) is 12.8 Å². The van der Waals surface area contributed by atoms with E-state index in [0.717, 1.165) is 0 Å². The first-order chi connectivity index (χ1) is 12.1. The molecule has 3 rings (SSSR count). The molecule has 0 heterocycles. The molecule has 0 saturated heterocycles. The Bertz CT molecular complexity index is 854. The van der Waals surface area contributed by atoms with Crippen LogP contribution in [-0.2, 0) is 9.59 Å². The van der Waals surface area contributed by atoms with Crippen LogP contribution in [0.1, 0.15) is 24.0 Å². The lowest BCUT2D eigenvalue weighted by molar-refractivity contribution is -0.131. The standard InChI is InChI=1S/C21H16N2O2/c1-3-15-7-5-9-17(13-15)22-19(24)21(11-12-21)20(25)23-18-10-6-8-16(4-2)14-18/h1-2,5-10,13-14H,11-12H2,(H,22,24)(H,23,25). The molecule has 1 aliphatic carbocycles. The lowest BCUT2D eigenvalue weighted by atomic mass is 10.0. The van der Waals surface area contributed by atoms with Gasteiger partial charge >= 0.3 is 0 Å². The molecule has 0 spiro atoms. The number of hydrogen-bond acceptors (Lipinski definition) is 2. The first-order valence-corrected chi connectivity index (χ1v) is 7.84. The molecule has 122 valence electrons. The first kappa shape index (κ1) is 16.4. The third-order valence-electron chi connectivity index (χ3n) is 4.19. The van der Waals surface area contributed by atoms with Crippen molar-refractivity contribution in [1.82, 2.24) is 0 Å². The lowest BCUT2D eigenvalue weighted by Gasteiger charge is -2.16. The first-order valence-electron chi connectivity index (χ1n) is 7.84. The van der Waals surface area contributed by atoms with Crippen molar-refractivity contribution in [3.05, 3.63) is 59.7 Å². The van der Waals surface area contributed by atoms with E-state index in [1.165, 1.54) is 0 Å². The van der Waals surface area contributed by atoms with Crippen LogP contribution in [-0.4, -0.2) is 11.8 Å². The number of hydrogen-bond donors (Lipinski definition) is 2. The van der Waals surface area contributed by atoms with Gasteiger partial charge in [-0.05, 0) is 49.2 Å². The van der Waals surface area contributed by atoms with Crippen LogP contribution in [0.25, 0.3) is 0 Å². The van der Waals surface area contributed by atoms with Crippen molar-refractivity contribution in [1.29, 1.82) is 0 Å². The maximum absolute atomic E-state index is 12.6. The molecule has 1 fully saturated rings. The number of carbonyl (C=O) groups excluding carboxylic acids is 2. The van der Waals surface area contributed by atoms with E-state index in [1.54, 1.807) is 48.5 Å².